The average Bonchev–Trinajstić information content (AvgIpc) is 2.77. The van der Waals surface area contributed by atoms with Crippen LogP contribution in [0.4, 0.5) is 0 Å². The molecule has 0 bridgehead atoms. The lowest BCUT2D eigenvalue weighted by atomic mass is 9.47. The molecule has 1 aliphatic carbocycles. The predicted octanol–water partition coefficient (Wildman–Crippen LogP) is 5.40. The lowest BCUT2D eigenvalue weighted by Gasteiger charge is -2.07. The molecule has 1 heteroatoms. The summed E-state index contributed by atoms with van der Waals surface area (Å²) in [6.45, 7) is 13.4. The Balaban J connectivity index is 2.88. The second kappa shape index (κ2) is 7.26. The third kappa shape index (κ3) is 4.21. The van der Waals surface area contributed by atoms with E-state index in [2.05, 4.69) is 46.2 Å². The van der Waals surface area contributed by atoms with E-state index in [9.17, 15) is 0 Å². The normalized spacial score (nSPS) is 17.8. The van der Waals surface area contributed by atoms with E-state index < -0.39 is 0 Å². The molecule has 0 saturated carbocycles. The largest absolute Gasteiger partial charge is 0.164 e. The van der Waals surface area contributed by atoms with Crippen molar-refractivity contribution >= 4 is 6.71 Å². The van der Waals surface area contributed by atoms with Crippen molar-refractivity contribution in [2.45, 2.75) is 46.8 Å². The number of rotatable bonds is 5. The van der Waals surface area contributed by atoms with Crippen molar-refractivity contribution in [1.82, 2.24) is 0 Å². The summed E-state index contributed by atoms with van der Waals surface area (Å²) >= 11 is 0. The van der Waals surface area contributed by atoms with Crippen LogP contribution in [0, 0.1) is 0 Å². The Morgan fingerprint density at radius 2 is 1.83 bits per heavy atom. The van der Waals surface area contributed by atoms with E-state index in [0.29, 0.717) is 6.71 Å². The maximum absolute atomic E-state index is 3.68. The van der Waals surface area contributed by atoms with Crippen LogP contribution in [0.1, 0.15) is 33.1 Å². The van der Waals surface area contributed by atoms with Crippen LogP contribution in [0.25, 0.3) is 0 Å². The number of hydrogen-bond donors (Lipinski definition) is 0. The number of allylic oxidation sites excluding steroid dienone is 9. The Bertz CT molecular complexity index is 417. The molecule has 0 amide bonds. The van der Waals surface area contributed by atoms with Gasteiger partial charge in [0.05, 0.1) is 0 Å². The van der Waals surface area contributed by atoms with Crippen molar-refractivity contribution < 1.29 is 0 Å². The third-order valence-corrected chi connectivity index (χ3v) is 3.61. The summed E-state index contributed by atoms with van der Waals surface area (Å²) in [5, 5.41) is 0. The standard InChI is InChI=1S/C17H25B/c1-6-7-8-10-14(2)15(3)13-16-11-9-12-17(16)18(4)5/h6-8,10,13H,1,9,11-12H2,2-5H3/b8-7-,14-10+,15-13-. The molecule has 0 fully saturated rings. The molecule has 0 atom stereocenters. The van der Waals surface area contributed by atoms with Crippen LogP contribution in [0.3, 0.4) is 0 Å². The van der Waals surface area contributed by atoms with Crippen LogP contribution in [0.5, 0.6) is 0 Å². The molecule has 0 radical (unpaired) electrons. The molecule has 0 spiro atoms. The van der Waals surface area contributed by atoms with Crippen LogP contribution >= 0.6 is 0 Å². The third-order valence-electron chi connectivity index (χ3n) is 3.61. The number of hydrogen-bond acceptors (Lipinski definition) is 0. The monoisotopic (exact) mass is 240 g/mol. The molecule has 0 saturated heterocycles. The van der Waals surface area contributed by atoms with E-state index >= 15 is 0 Å². The molecule has 0 aromatic carbocycles. The molecule has 0 nitrogen and oxygen atoms in total. The first-order chi connectivity index (χ1) is 8.56. The Morgan fingerprint density at radius 1 is 1.11 bits per heavy atom. The minimum Gasteiger partial charge on any atom is -0.0991 e. The van der Waals surface area contributed by atoms with Gasteiger partial charge in [0.25, 0.3) is 0 Å². The molecule has 1 aliphatic rings. The Morgan fingerprint density at radius 3 is 2.44 bits per heavy atom. The van der Waals surface area contributed by atoms with Crippen LogP contribution in [0.15, 0.2) is 59.2 Å². The fourth-order valence-electron chi connectivity index (χ4n) is 2.40. The van der Waals surface area contributed by atoms with E-state index in [1.165, 1.54) is 30.4 Å². The summed E-state index contributed by atoms with van der Waals surface area (Å²) in [4.78, 5) is 0. The van der Waals surface area contributed by atoms with Crippen LogP contribution in [-0.2, 0) is 0 Å². The van der Waals surface area contributed by atoms with E-state index in [-0.39, 0.29) is 0 Å². The van der Waals surface area contributed by atoms with Gasteiger partial charge in [0, 0.05) is 0 Å². The minimum atomic E-state index is 0.691. The zero-order valence-corrected chi connectivity index (χ0v) is 12.3. The summed E-state index contributed by atoms with van der Waals surface area (Å²) in [5.41, 5.74) is 5.93. The maximum Gasteiger partial charge on any atom is 0.164 e. The predicted molar refractivity (Wildman–Crippen MR) is 85.2 cm³/mol. The van der Waals surface area contributed by atoms with Crippen LogP contribution in [-0.4, -0.2) is 6.71 Å². The van der Waals surface area contributed by atoms with Gasteiger partial charge in [-0.15, -0.1) is 0 Å². The van der Waals surface area contributed by atoms with Crippen LogP contribution < -0.4 is 0 Å². The smallest absolute Gasteiger partial charge is 0.0991 e. The average molecular weight is 240 g/mol. The highest BCUT2D eigenvalue weighted by Gasteiger charge is 2.17. The summed E-state index contributed by atoms with van der Waals surface area (Å²) in [7, 11) is 0. The van der Waals surface area contributed by atoms with E-state index in [1.54, 1.807) is 17.1 Å². The van der Waals surface area contributed by atoms with Gasteiger partial charge in [-0.2, -0.15) is 0 Å². The van der Waals surface area contributed by atoms with Gasteiger partial charge in [0.1, 0.15) is 0 Å². The molecule has 18 heavy (non-hydrogen) atoms. The molecule has 0 aromatic rings. The van der Waals surface area contributed by atoms with Gasteiger partial charge < -0.3 is 0 Å². The van der Waals surface area contributed by atoms with Crippen molar-refractivity contribution in [3.05, 3.63) is 59.2 Å². The quantitative estimate of drug-likeness (QED) is 0.446. The van der Waals surface area contributed by atoms with Gasteiger partial charge in [0.15, 0.2) is 6.71 Å². The zero-order valence-electron chi connectivity index (χ0n) is 12.3. The molecule has 1 rings (SSSR count). The van der Waals surface area contributed by atoms with Gasteiger partial charge in [-0.3, -0.25) is 0 Å². The first kappa shape index (κ1) is 14.8. The summed E-state index contributed by atoms with van der Waals surface area (Å²) in [6.07, 6.45) is 14.2. The Kier molecular flexibility index (Phi) is 5.98. The molecule has 0 aliphatic heterocycles. The van der Waals surface area contributed by atoms with Gasteiger partial charge in [-0.1, -0.05) is 61.7 Å². The fraction of sp³-hybridized carbons (Fsp3) is 0.412. The Hall–Kier alpha value is -1.24. The zero-order chi connectivity index (χ0) is 13.5. The first-order valence-corrected chi connectivity index (χ1v) is 6.92. The highest BCUT2D eigenvalue weighted by atomic mass is 14.1. The summed E-state index contributed by atoms with van der Waals surface area (Å²) < 4.78 is 0. The van der Waals surface area contributed by atoms with Crippen molar-refractivity contribution in [3.63, 3.8) is 0 Å². The molecule has 0 N–H and O–H groups in total. The van der Waals surface area contributed by atoms with Crippen molar-refractivity contribution in [2.24, 2.45) is 0 Å². The highest BCUT2D eigenvalue weighted by molar-refractivity contribution is 6.64. The molecule has 0 aromatic heterocycles. The summed E-state index contributed by atoms with van der Waals surface area (Å²) in [5.74, 6) is 0. The first-order valence-electron chi connectivity index (χ1n) is 6.92. The van der Waals surface area contributed by atoms with Crippen molar-refractivity contribution in [3.8, 4) is 0 Å². The Labute approximate surface area is 113 Å². The SMILES string of the molecule is C=C\C=C/C=C(C)/C(C)=C\C1=C(B(C)C)CCC1. The molecular weight excluding hydrogens is 215 g/mol. The van der Waals surface area contributed by atoms with Crippen molar-refractivity contribution in [1.29, 1.82) is 0 Å². The second-order valence-electron chi connectivity index (χ2n) is 5.36. The minimum absolute atomic E-state index is 0.691. The van der Waals surface area contributed by atoms with Gasteiger partial charge in [0.2, 0.25) is 0 Å². The van der Waals surface area contributed by atoms with E-state index in [0.717, 1.165) is 0 Å². The molecular formula is C17H25B. The summed E-state index contributed by atoms with van der Waals surface area (Å²) in [6, 6.07) is 0. The second-order valence-corrected chi connectivity index (χ2v) is 5.36. The van der Waals surface area contributed by atoms with E-state index in [1.807, 2.05) is 12.2 Å². The topological polar surface area (TPSA) is 0 Å². The molecule has 0 heterocycles. The maximum atomic E-state index is 3.68. The fourth-order valence-corrected chi connectivity index (χ4v) is 2.40. The highest BCUT2D eigenvalue weighted by Crippen LogP contribution is 2.30. The lowest BCUT2D eigenvalue weighted by Crippen LogP contribution is -2.04. The van der Waals surface area contributed by atoms with Crippen LogP contribution in [0.2, 0.25) is 13.6 Å². The molecule has 96 valence electrons. The van der Waals surface area contributed by atoms with Gasteiger partial charge in [-0.05, 0) is 44.3 Å². The van der Waals surface area contributed by atoms with Crippen molar-refractivity contribution in [2.75, 3.05) is 0 Å². The molecule has 0 unspecified atom stereocenters. The van der Waals surface area contributed by atoms with Gasteiger partial charge in [-0.25, -0.2) is 0 Å². The van der Waals surface area contributed by atoms with E-state index in [4.69, 9.17) is 0 Å². The van der Waals surface area contributed by atoms with Gasteiger partial charge >= 0.3 is 0 Å². The lowest BCUT2D eigenvalue weighted by molar-refractivity contribution is 0.910.